The van der Waals surface area contributed by atoms with Gasteiger partial charge in [-0.15, -0.1) is 0 Å². The van der Waals surface area contributed by atoms with Gasteiger partial charge in [0, 0.05) is 12.3 Å². The van der Waals surface area contributed by atoms with Crippen LogP contribution in [-0.2, 0) is 14.8 Å². The van der Waals surface area contributed by atoms with E-state index in [1.165, 1.54) is 18.3 Å². The maximum atomic E-state index is 11.9. The van der Waals surface area contributed by atoms with Gasteiger partial charge in [-0.25, -0.2) is 14.1 Å². The second-order valence-corrected chi connectivity index (χ2v) is 5.22. The second kappa shape index (κ2) is 4.22. The number of carboxylic acids is 1. The van der Waals surface area contributed by atoms with Gasteiger partial charge < -0.3 is 5.11 Å². The van der Waals surface area contributed by atoms with Gasteiger partial charge in [-0.05, 0) is 12.1 Å². The fraction of sp³-hybridized carbons (Fsp3) is 0.100. The number of carbonyl (C=O) groups excluding carboxylic acids is 1. The number of hydrogen-bond donors (Lipinski definition) is 1. The molecule has 2 heterocycles. The van der Waals surface area contributed by atoms with Crippen molar-refractivity contribution in [2.45, 2.75) is 5.03 Å². The van der Waals surface area contributed by atoms with Crippen LogP contribution in [0.4, 0.5) is 0 Å². The summed E-state index contributed by atoms with van der Waals surface area (Å²) < 4.78 is 24.5. The molecule has 18 heavy (non-hydrogen) atoms. The molecule has 1 N–H and O–H groups in total. The van der Waals surface area contributed by atoms with Crippen molar-refractivity contribution in [3.8, 4) is 0 Å². The number of carbonyl (C=O) groups is 2. The van der Waals surface area contributed by atoms with Gasteiger partial charge in [0.05, 0.1) is 12.1 Å². The van der Waals surface area contributed by atoms with Crippen molar-refractivity contribution in [3.05, 3.63) is 36.0 Å². The fourth-order valence-corrected chi connectivity index (χ4v) is 2.97. The van der Waals surface area contributed by atoms with Crippen LogP contribution >= 0.6 is 0 Å². The average molecular weight is 268 g/mol. The molecule has 0 unspecified atom stereocenters. The van der Waals surface area contributed by atoms with Crippen molar-refractivity contribution in [3.63, 3.8) is 0 Å². The summed E-state index contributed by atoms with van der Waals surface area (Å²) in [6, 6.07) is 2.83. The average Bonchev–Trinajstić information content (AvgIpc) is 2.50. The summed E-state index contributed by atoms with van der Waals surface area (Å²) >= 11 is 0. The van der Waals surface area contributed by atoms with E-state index in [1.807, 2.05) is 0 Å². The van der Waals surface area contributed by atoms with Crippen LogP contribution in [-0.4, -0.2) is 41.2 Å². The largest absolute Gasteiger partial charge is 0.478 e. The van der Waals surface area contributed by atoms with Crippen LogP contribution in [0.5, 0.6) is 0 Å². The molecule has 0 fully saturated rings. The first-order valence-electron chi connectivity index (χ1n) is 4.86. The first-order valence-corrected chi connectivity index (χ1v) is 6.30. The van der Waals surface area contributed by atoms with Gasteiger partial charge in [0.1, 0.15) is 0 Å². The number of hydrogen-bond acceptors (Lipinski definition) is 5. The van der Waals surface area contributed by atoms with Gasteiger partial charge >= 0.3 is 5.97 Å². The maximum absolute atomic E-state index is 11.9. The third-order valence-electron chi connectivity index (χ3n) is 2.29. The van der Waals surface area contributed by atoms with Gasteiger partial charge in [0.2, 0.25) is 0 Å². The zero-order chi connectivity index (χ0) is 13.3. The van der Waals surface area contributed by atoms with Crippen molar-refractivity contribution >= 4 is 21.9 Å². The topological polar surface area (TPSA) is 105 Å². The first kappa shape index (κ1) is 12.2. The molecule has 1 amide bonds. The number of fused-ring (bicyclic) bond motifs is 1. The predicted octanol–water partition coefficient (Wildman–Crippen LogP) is -0.133. The lowest BCUT2D eigenvalue weighted by molar-refractivity contribution is -0.131. The summed E-state index contributed by atoms with van der Waals surface area (Å²) in [5, 5.41) is 8.11. The van der Waals surface area contributed by atoms with Crippen molar-refractivity contribution in [1.82, 2.24) is 9.29 Å². The molecule has 0 aliphatic carbocycles. The molecule has 1 aromatic heterocycles. The predicted molar refractivity (Wildman–Crippen MR) is 59.2 cm³/mol. The monoisotopic (exact) mass is 268 g/mol. The Labute approximate surface area is 102 Å². The number of rotatable bonds is 3. The minimum Gasteiger partial charge on any atom is -0.478 e. The third-order valence-corrected chi connectivity index (χ3v) is 4.00. The molecule has 1 aromatic rings. The minimum absolute atomic E-state index is 0.00113. The smallest absolute Gasteiger partial charge is 0.328 e. The van der Waals surface area contributed by atoms with E-state index < -0.39 is 21.9 Å². The van der Waals surface area contributed by atoms with Crippen LogP contribution < -0.4 is 0 Å². The zero-order valence-corrected chi connectivity index (χ0v) is 9.79. The Morgan fingerprint density at radius 3 is 2.83 bits per heavy atom. The molecule has 1 aliphatic heterocycles. The van der Waals surface area contributed by atoms with Crippen molar-refractivity contribution in [2.75, 3.05) is 6.54 Å². The highest BCUT2D eigenvalue weighted by molar-refractivity contribution is 7.90. The van der Waals surface area contributed by atoms with Gasteiger partial charge in [-0.2, -0.15) is 8.42 Å². The normalized spacial score (nSPS) is 17.1. The van der Waals surface area contributed by atoms with E-state index in [4.69, 9.17) is 5.11 Å². The van der Waals surface area contributed by atoms with E-state index in [9.17, 15) is 18.0 Å². The van der Waals surface area contributed by atoms with Crippen LogP contribution in [0.25, 0.3) is 0 Å². The molecule has 1 aliphatic rings. The summed E-state index contributed by atoms with van der Waals surface area (Å²) in [7, 11) is -3.97. The Bertz CT molecular complexity index is 650. The molecule has 0 atom stereocenters. The Morgan fingerprint density at radius 2 is 2.22 bits per heavy atom. The molecule has 0 bridgehead atoms. The highest BCUT2D eigenvalue weighted by atomic mass is 32.2. The number of sulfonamides is 1. The molecule has 94 valence electrons. The lowest BCUT2D eigenvalue weighted by atomic mass is 10.3. The van der Waals surface area contributed by atoms with E-state index in [1.54, 1.807) is 0 Å². The first-order chi connectivity index (χ1) is 8.44. The maximum Gasteiger partial charge on any atom is 0.328 e. The quantitative estimate of drug-likeness (QED) is 0.765. The molecule has 0 radical (unpaired) electrons. The summed E-state index contributed by atoms with van der Waals surface area (Å²) in [6.07, 6.45) is 3.14. The summed E-state index contributed by atoms with van der Waals surface area (Å²) in [5.74, 6) is -1.91. The fourth-order valence-electron chi connectivity index (χ4n) is 1.54. The summed E-state index contributed by atoms with van der Waals surface area (Å²) in [5.41, 5.74) is 0.00113. The van der Waals surface area contributed by atoms with E-state index in [0.717, 1.165) is 12.2 Å². The number of pyridine rings is 1. The SMILES string of the molecule is O=C(O)/C=C/CN1C(=O)c2cccnc2S1(=O)=O. The number of aliphatic carboxylic acids is 1. The van der Waals surface area contributed by atoms with E-state index in [0.29, 0.717) is 4.31 Å². The van der Waals surface area contributed by atoms with Crippen molar-refractivity contribution in [1.29, 1.82) is 0 Å². The third kappa shape index (κ3) is 1.86. The Hall–Kier alpha value is -2.22. The van der Waals surface area contributed by atoms with E-state index in [-0.39, 0.29) is 17.1 Å². The van der Waals surface area contributed by atoms with E-state index in [2.05, 4.69) is 4.98 Å². The summed E-state index contributed by atoms with van der Waals surface area (Å²) in [6.45, 7) is -0.330. The van der Waals surface area contributed by atoms with Crippen LogP contribution in [0.2, 0.25) is 0 Å². The van der Waals surface area contributed by atoms with Crippen LogP contribution in [0.3, 0.4) is 0 Å². The standard InChI is InChI=1S/C10H8N2O5S/c13-8(14)4-2-6-12-10(15)7-3-1-5-11-9(7)18(12,16)17/h1-5H,6H2,(H,13,14)/b4-2+. The van der Waals surface area contributed by atoms with Crippen molar-refractivity contribution < 1.29 is 23.1 Å². The van der Waals surface area contributed by atoms with Gasteiger partial charge in [-0.3, -0.25) is 4.79 Å². The van der Waals surface area contributed by atoms with Crippen LogP contribution in [0.1, 0.15) is 10.4 Å². The summed E-state index contributed by atoms with van der Waals surface area (Å²) in [4.78, 5) is 25.8. The highest BCUT2D eigenvalue weighted by Crippen LogP contribution is 2.27. The molecule has 0 saturated carbocycles. The molecule has 2 rings (SSSR count). The molecule has 8 heteroatoms. The zero-order valence-electron chi connectivity index (χ0n) is 8.98. The number of carboxylic acid groups (broad SMARTS) is 1. The Morgan fingerprint density at radius 1 is 1.50 bits per heavy atom. The molecule has 0 saturated heterocycles. The Kier molecular flexibility index (Phi) is 2.87. The molecule has 0 spiro atoms. The molecule has 7 nitrogen and oxygen atoms in total. The minimum atomic E-state index is -3.97. The Balaban J connectivity index is 2.37. The van der Waals surface area contributed by atoms with Crippen LogP contribution in [0.15, 0.2) is 35.5 Å². The van der Waals surface area contributed by atoms with Crippen molar-refractivity contribution in [2.24, 2.45) is 0 Å². The lowest BCUT2D eigenvalue weighted by Crippen LogP contribution is -2.30. The molecule has 0 aromatic carbocycles. The molecular formula is C10H8N2O5S. The van der Waals surface area contributed by atoms with Gasteiger partial charge in [0.15, 0.2) is 5.03 Å². The molecular weight excluding hydrogens is 260 g/mol. The van der Waals surface area contributed by atoms with Gasteiger partial charge in [0.25, 0.3) is 15.9 Å². The number of amides is 1. The second-order valence-electron chi connectivity index (χ2n) is 3.44. The van der Waals surface area contributed by atoms with Gasteiger partial charge in [-0.1, -0.05) is 6.08 Å². The number of aromatic nitrogens is 1. The highest BCUT2D eigenvalue weighted by Gasteiger charge is 2.41. The van der Waals surface area contributed by atoms with E-state index >= 15 is 0 Å². The number of nitrogens with zero attached hydrogens (tertiary/aromatic N) is 2. The van der Waals surface area contributed by atoms with Crippen LogP contribution in [0, 0.1) is 0 Å². The lowest BCUT2D eigenvalue weighted by Gasteiger charge is -2.11.